The van der Waals surface area contributed by atoms with Crippen molar-refractivity contribution < 1.29 is 13.2 Å². The van der Waals surface area contributed by atoms with Gasteiger partial charge in [0.15, 0.2) is 9.84 Å². The maximum absolute atomic E-state index is 11.7. The van der Waals surface area contributed by atoms with Crippen LogP contribution >= 0.6 is 15.9 Å². The molecule has 2 rings (SSSR count). The molecule has 1 aliphatic rings. The minimum Gasteiger partial charge on any atom is -0.302 e. The van der Waals surface area contributed by atoms with Crippen molar-refractivity contribution in [2.45, 2.75) is 11.2 Å². The maximum Gasteiger partial charge on any atom is 0.153 e. The summed E-state index contributed by atoms with van der Waals surface area (Å²) in [4.78, 5) is 11.1. The van der Waals surface area contributed by atoms with Crippen LogP contribution in [0, 0.1) is 16.7 Å². The first kappa shape index (κ1) is 13.2. The summed E-state index contributed by atoms with van der Waals surface area (Å²) in [6, 6.07) is 8.85. The summed E-state index contributed by atoms with van der Waals surface area (Å²) in [5, 5.41) is 8.19. The fourth-order valence-electron chi connectivity index (χ4n) is 2.40. The highest BCUT2D eigenvalue weighted by Gasteiger charge is 2.71. The minimum atomic E-state index is -3.43. The van der Waals surface area contributed by atoms with Crippen molar-refractivity contribution in [3.8, 4) is 6.07 Å². The van der Waals surface area contributed by atoms with E-state index in [9.17, 15) is 13.2 Å². The highest BCUT2D eigenvalue weighted by molar-refractivity contribution is 9.10. The summed E-state index contributed by atoms with van der Waals surface area (Å²) < 4.78 is 24.2. The molecular weight excluding hydrogens is 318 g/mol. The van der Waals surface area contributed by atoms with E-state index in [0.29, 0.717) is 11.8 Å². The van der Waals surface area contributed by atoms with E-state index in [4.69, 9.17) is 5.26 Å². The monoisotopic (exact) mass is 327 g/mol. The van der Waals surface area contributed by atoms with Gasteiger partial charge in [-0.3, -0.25) is 0 Å². The van der Waals surface area contributed by atoms with Gasteiger partial charge >= 0.3 is 0 Å². The predicted molar refractivity (Wildman–Crippen MR) is 69.6 cm³/mol. The average Bonchev–Trinajstić information content (AvgIpc) is 3.00. The summed E-state index contributed by atoms with van der Waals surface area (Å²) in [7, 11) is -3.43. The molecule has 0 aromatic heterocycles. The number of halogens is 1. The number of carbonyl (C=O) groups excluding carboxylic acids is 1. The SMILES string of the molecule is CS(=O)(=O)[C@@H]1[C@H](c2ccc(Br)cc2)[C@@]1(C#N)C=O. The van der Waals surface area contributed by atoms with E-state index in [0.717, 1.165) is 10.7 Å². The normalized spacial score (nSPS) is 30.5. The lowest BCUT2D eigenvalue weighted by Crippen LogP contribution is -2.14. The van der Waals surface area contributed by atoms with Crippen molar-refractivity contribution in [3.63, 3.8) is 0 Å². The first-order valence-corrected chi connectivity index (χ1v) is 7.93. The van der Waals surface area contributed by atoms with Crippen molar-refractivity contribution >= 4 is 32.1 Å². The van der Waals surface area contributed by atoms with E-state index in [1.807, 2.05) is 6.07 Å². The molecule has 1 fully saturated rings. The van der Waals surface area contributed by atoms with Crippen molar-refractivity contribution in [2.24, 2.45) is 5.41 Å². The maximum atomic E-state index is 11.7. The van der Waals surface area contributed by atoms with Gasteiger partial charge in [0.25, 0.3) is 0 Å². The van der Waals surface area contributed by atoms with Crippen LogP contribution in [0.1, 0.15) is 11.5 Å². The lowest BCUT2D eigenvalue weighted by Gasteiger charge is -1.99. The number of rotatable bonds is 3. The molecule has 0 bridgehead atoms. The Hall–Kier alpha value is -1.19. The van der Waals surface area contributed by atoms with Crippen LogP contribution in [-0.4, -0.2) is 26.2 Å². The van der Waals surface area contributed by atoms with Gasteiger partial charge < -0.3 is 4.79 Å². The second kappa shape index (κ2) is 4.18. The largest absolute Gasteiger partial charge is 0.302 e. The first-order chi connectivity index (χ1) is 8.36. The summed E-state index contributed by atoms with van der Waals surface area (Å²) in [6.45, 7) is 0. The molecule has 6 heteroatoms. The van der Waals surface area contributed by atoms with Gasteiger partial charge in [0, 0.05) is 16.6 Å². The van der Waals surface area contributed by atoms with E-state index in [1.54, 1.807) is 24.3 Å². The number of aldehydes is 1. The molecule has 0 heterocycles. The lowest BCUT2D eigenvalue weighted by molar-refractivity contribution is -0.110. The fourth-order valence-corrected chi connectivity index (χ4v) is 4.42. The van der Waals surface area contributed by atoms with Gasteiger partial charge in [0.05, 0.1) is 11.3 Å². The van der Waals surface area contributed by atoms with Gasteiger partial charge in [-0.2, -0.15) is 5.26 Å². The second-order valence-corrected chi connectivity index (χ2v) is 7.52. The second-order valence-electron chi connectivity index (χ2n) is 4.44. The number of benzene rings is 1. The zero-order chi connectivity index (χ0) is 13.6. The van der Waals surface area contributed by atoms with Crippen LogP contribution in [0.2, 0.25) is 0 Å². The topological polar surface area (TPSA) is 75.0 Å². The standard InChI is InChI=1S/C12H10BrNO3S/c1-18(16,17)11-10(12(11,6-14)7-15)8-2-4-9(13)5-3-8/h2-5,7,10-11H,1H3/t10-,11+,12+/m0/s1. The van der Waals surface area contributed by atoms with Crippen LogP contribution in [-0.2, 0) is 14.6 Å². The molecule has 0 amide bonds. The third-order valence-electron chi connectivity index (χ3n) is 3.26. The molecule has 0 saturated heterocycles. The van der Waals surface area contributed by atoms with E-state index in [2.05, 4.69) is 15.9 Å². The Kier molecular flexibility index (Phi) is 3.07. The Morgan fingerprint density at radius 3 is 2.28 bits per heavy atom. The number of carbonyl (C=O) groups is 1. The predicted octanol–water partition coefficient (Wildman–Crippen LogP) is 1.67. The van der Waals surface area contributed by atoms with Gasteiger partial charge in [-0.25, -0.2) is 8.42 Å². The summed E-state index contributed by atoms with van der Waals surface area (Å²) >= 11 is 3.28. The average molecular weight is 328 g/mol. The van der Waals surface area contributed by atoms with Gasteiger partial charge in [-0.05, 0) is 17.7 Å². The van der Waals surface area contributed by atoms with E-state index in [1.165, 1.54) is 0 Å². The molecule has 18 heavy (non-hydrogen) atoms. The van der Waals surface area contributed by atoms with Gasteiger partial charge in [-0.15, -0.1) is 0 Å². The molecule has 1 saturated carbocycles. The molecule has 0 aliphatic heterocycles. The smallest absolute Gasteiger partial charge is 0.153 e. The van der Waals surface area contributed by atoms with E-state index >= 15 is 0 Å². The summed E-state index contributed by atoms with van der Waals surface area (Å²) in [5.41, 5.74) is -0.733. The van der Waals surface area contributed by atoms with Crippen LogP contribution in [0.4, 0.5) is 0 Å². The Morgan fingerprint density at radius 2 is 1.94 bits per heavy atom. The molecule has 1 aliphatic carbocycles. The lowest BCUT2D eigenvalue weighted by atomic mass is 10.0. The van der Waals surface area contributed by atoms with Crippen molar-refractivity contribution in [1.29, 1.82) is 5.26 Å². The molecule has 0 N–H and O–H groups in total. The Balaban J connectivity index is 2.49. The van der Waals surface area contributed by atoms with Crippen molar-refractivity contribution in [2.75, 3.05) is 6.26 Å². The van der Waals surface area contributed by atoms with Crippen LogP contribution in [0.15, 0.2) is 28.7 Å². The molecule has 1 aromatic carbocycles. The first-order valence-electron chi connectivity index (χ1n) is 5.18. The van der Waals surface area contributed by atoms with Gasteiger partial charge in [0.2, 0.25) is 0 Å². The molecule has 3 atom stereocenters. The highest BCUT2D eigenvalue weighted by atomic mass is 79.9. The third-order valence-corrected chi connectivity index (χ3v) is 5.37. The highest BCUT2D eigenvalue weighted by Crippen LogP contribution is 2.61. The number of nitriles is 1. The summed E-state index contributed by atoms with van der Waals surface area (Å²) in [5.74, 6) is -0.567. The molecular formula is C12H10BrNO3S. The molecule has 0 radical (unpaired) electrons. The van der Waals surface area contributed by atoms with Crippen LogP contribution in [0.3, 0.4) is 0 Å². The molecule has 1 aromatic rings. The van der Waals surface area contributed by atoms with Crippen LogP contribution < -0.4 is 0 Å². The van der Waals surface area contributed by atoms with E-state index in [-0.39, 0.29) is 0 Å². The number of nitrogens with zero attached hydrogens (tertiary/aromatic N) is 1. The third kappa shape index (κ3) is 1.88. The van der Waals surface area contributed by atoms with Gasteiger partial charge in [-0.1, -0.05) is 28.1 Å². The van der Waals surface area contributed by atoms with Crippen LogP contribution in [0.25, 0.3) is 0 Å². The number of hydrogen-bond donors (Lipinski definition) is 0. The van der Waals surface area contributed by atoms with Crippen molar-refractivity contribution in [3.05, 3.63) is 34.3 Å². The molecule has 0 unspecified atom stereocenters. The molecule has 94 valence electrons. The Morgan fingerprint density at radius 1 is 1.39 bits per heavy atom. The zero-order valence-corrected chi connectivity index (χ0v) is 11.9. The Bertz CT molecular complexity index is 632. The Labute approximate surface area is 114 Å². The molecule has 4 nitrogen and oxygen atoms in total. The fraction of sp³-hybridized carbons (Fsp3) is 0.333. The quantitative estimate of drug-likeness (QED) is 0.791. The summed E-state index contributed by atoms with van der Waals surface area (Å²) in [6.07, 6.45) is 1.53. The van der Waals surface area contributed by atoms with Crippen LogP contribution in [0.5, 0.6) is 0 Å². The number of hydrogen-bond acceptors (Lipinski definition) is 4. The van der Waals surface area contributed by atoms with Crippen molar-refractivity contribution in [1.82, 2.24) is 0 Å². The molecule has 0 spiro atoms. The minimum absolute atomic E-state index is 0.464. The van der Waals surface area contributed by atoms with E-state index < -0.39 is 26.4 Å². The zero-order valence-electron chi connectivity index (χ0n) is 9.50. The van der Waals surface area contributed by atoms with Gasteiger partial charge in [0.1, 0.15) is 11.7 Å². The number of sulfone groups is 1.